The molecule has 3 N–H and O–H groups in total. The number of aromatic nitrogens is 1. The zero-order chi connectivity index (χ0) is 10.7. The number of rotatable bonds is 3. The maximum Gasteiger partial charge on any atom is 0.0465 e. The summed E-state index contributed by atoms with van der Waals surface area (Å²) in [5, 5.41) is 11.2. The second kappa shape index (κ2) is 4.16. The molecule has 0 aliphatic heterocycles. The van der Waals surface area contributed by atoms with E-state index in [0.29, 0.717) is 0 Å². The third kappa shape index (κ3) is 2.18. The molecule has 0 radical (unpaired) electrons. The first-order valence-electron chi connectivity index (χ1n) is 4.70. The van der Waals surface area contributed by atoms with Crippen molar-refractivity contribution in [2.75, 3.05) is 7.05 Å². The van der Waals surface area contributed by atoms with Crippen LogP contribution in [-0.4, -0.2) is 22.4 Å². The molecular formula is C11H13N3O. The first-order valence-corrected chi connectivity index (χ1v) is 4.70. The average Bonchev–Trinajstić information content (AvgIpc) is 2.72. The van der Waals surface area contributed by atoms with Gasteiger partial charge in [-0.1, -0.05) is 6.07 Å². The minimum absolute atomic E-state index is 0.904. The Kier molecular flexibility index (Phi) is 2.71. The predicted molar refractivity (Wildman–Crippen MR) is 60.0 cm³/mol. The van der Waals surface area contributed by atoms with Crippen molar-refractivity contribution in [3.63, 3.8) is 0 Å². The SMILES string of the molecule is CNN(O)/C=C/c1ccc2[nH]ccc2c1. The molecule has 0 atom stereocenters. The van der Waals surface area contributed by atoms with Crippen LogP contribution in [0.3, 0.4) is 0 Å². The van der Waals surface area contributed by atoms with Gasteiger partial charge in [0, 0.05) is 25.0 Å². The summed E-state index contributed by atoms with van der Waals surface area (Å²) in [5.74, 6) is 0. The number of hydroxylamine groups is 1. The van der Waals surface area contributed by atoms with Crippen LogP contribution in [0.25, 0.3) is 17.0 Å². The van der Waals surface area contributed by atoms with Crippen molar-refractivity contribution in [3.8, 4) is 0 Å². The van der Waals surface area contributed by atoms with Gasteiger partial charge in [0.1, 0.15) is 0 Å². The fraction of sp³-hybridized carbons (Fsp3) is 0.0909. The number of nitrogens with one attached hydrogen (secondary N) is 2. The topological polar surface area (TPSA) is 51.3 Å². The highest BCUT2D eigenvalue weighted by atomic mass is 16.5. The van der Waals surface area contributed by atoms with Gasteiger partial charge in [0.15, 0.2) is 0 Å². The first-order chi connectivity index (χ1) is 7.29. The Hall–Kier alpha value is -1.78. The Morgan fingerprint density at radius 2 is 2.27 bits per heavy atom. The number of hydrogen-bond acceptors (Lipinski definition) is 3. The van der Waals surface area contributed by atoms with Gasteiger partial charge >= 0.3 is 0 Å². The lowest BCUT2D eigenvalue weighted by Gasteiger charge is -2.07. The summed E-state index contributed by atoms with van der Waals surface area (Å²) >= 11 is 0. The molecule has 0 saturated carbocycles. The Balaban J connectivity index is 2.24. The van der Waals surface area contributed by atoms with E-state index >= 15 is 0 Å². The van der Waals surface area contributed by atoms with E-state index in [1.165, 1.54) is 0 Å². The van der Waals surface area contributed by atoms with E-state index < -0.39 is 0 Å². The van der Waals surface area contributed by atoms with E-state index in [1.54, 1.807) is 13.2 Å². The van der Waals surface area contributed by atoms with Crippen molar-refractivity contribution in [1.82, 2.24) is 15.6 Å². The van der Waals surface area contributed by atoms with E-state index in [2.05, 4.69) is 10.4 Å². The van der Waals surface area contributed by atoms with Gasteiger partial charge in [0.2, 0.25) is 0 Å². The Morgan fingerprint density at radius 3 is 3.07 bits per heavy atom. The molecule has 1 aromatic carbocycles. The maximum absolute atomic E-state index is 9.12. The molecule has 0 fully saturated rings. The Morgan fingerprint density at radius 1 is 1.40 bits per heavy atom. The summed E-state index contributed by atoms with van der Waals surface area (Å²) in [7, 11) is 1.64. The highest BCUT2D eigenvalue weighted by Crippen LogP contribution is 2.15. The highest BCUT2D eigenvalue weighted by Gasteiger charge is 1.94. The number of aromatic amines is 1. The molecule has 0 bridgehead atoms. The van der Waals surface area contributed by atoms with Crippen molar-refractivity contribution in [2.24, 2.45) is 0 Å². The van der Waals surface area contributed by atoms with Gasteiger partial charge in [0.25, 0.3) is 0 Å². The lowest BCUT2D eigenvalue weighted by molar-refractivity contribution is -0.0800. The third-order valence-electron chi connectivity index (χ3n) is 2.21. The largest absolute Gasteiger partial charge is 0.361 e. The molecule has 0 amide bonds. The molecule has 0 aliphatic rings. The molecule has 78 valence electrons. The van der Waals surface area contributed by atoms with E-state index in [9.17, 15) is 0 Å². The fourth-order valence-electron chi connectivity index (χ4n) is 1.41. The fourth-order valence-corrected chi connectivity index (χ4v) is 1.41. The molecule has 0 aliphatic carbocycles. The van der Waals surface area contributed by atoms with Crippen molar-refractivity contribution in [1.29, 1.82) is 0 Å². The normalized spacial score (nSPS) is 11.3. The number of fused-ring (bicyclic) bond motifs is 1. The van der Waals surface area contributed by atoms with E-state index in [4.69, 9.17) is 5.21 Å². The number of benzene rings is 1. The van der Waals surface area contributed by atoms with Gasteiger partial charge in [0.05, 0.1) is 0 Å². The third-order valence-corrected chi connectivity index (χ3v) is 2.21. The number of nitrogens with zero attached hydrogens (tertiary/aromatic N) is 1. The van der Waals surface area contributed by atoms with Crippen LogP contribution in [-0.2, 0) is 0 Å². The van der Waals surface area contributed by atoms with Gasteiger partial charge < -0.3 is 4.98 Å². The van der Waals surface area contributed by atoms with Crippen molar-refractivity contribution in [2.45, 2.75) is 0 Å². The zero-order valence-electron chi connectivity index (χ0n) is 8.44. The lowest BCUT2D eigenvalue weighted by atomic mass is 10.1. The second-order valence-corrected chi connectivity index (χ2v) is 3.21. The molecule has 2 rings (SSSR count). The van der Waals surface area contributed by atoms with Crippen LogP contribution < -0.4 is 5.43 Å². The van der Waals surface area contributed by atoms with Gasteiger partial charge in [-0.2, -0.15) is 5.17 Å². The number of H-pyrrole nitrogens is 1. The minimum Gasteiger partial charge on any atom is -0.361 e. The molecule has 0 saturated heterocycles. The van der Waals surface area contributed by atoms with Gasteiger partial charge in [-0.05, 0) is 35.2 Å². The summed E-state index contributed by atoms with van der Waals surface area (Å²) in [4.78, 5) is 3.13. The molecule has 4 heteroatoms. The van der Waals surface area contributed by atoms with Crippen LogP contribution in [0.2, 0.25) is 0 Å². The molecule has 2 aromatic rings. The van der Waals surface area contributed by atoms with Crippen LogP contribution in [0.1, 0.15) is 5.56 Å². The molecule has 1 aromatic heterocycles. The monoisotopic (exact) mass is 203 g/mol. The molecule has 1 heterocycles. The smallest absolute Gasteiger partial charge is 0.0465 e. The van der Waals surface area contributed by atoms with Crippen LogP contribution in [0.4, 0.5) is 0 Å². The predicted octanol–water partition coefficient (Wildman–Crippen LogP) is 1.96. The van der Waals surface area contributed by atoms with Gasteiger partial charge in [-0.25, -0.2) is 5.43 Å². The molecular weight excluding hydrogens is 190 g/mol. The zero-order valence-corrected chi connectivity index (χ0v) is 8.44. The van der Waals surface area contributed by atoms with Crippen molar-refractivity contribution in [3.05, 3.63) is 42.2 Å². The summed E-state index contributed by atoms with van der Waals surface area (Å²) < 4.78 is 0. The van der Waals surface area contributed by atoms with Crippen molar-refractivity contribution >= 4 is 17.0 Å². The summed E-state index contributed by atoms with van der Waals surface area (Å²) in [6.07, 6.45) is 5.28. The summed E-state index contributed by atoms with van der Waals surface area (Å²) in [6, 6.07) is 8.06. The molecule has 0 unspecified atom stereocenters. The highest BCUT2D eigenvalue weighted by molar-refractivity contribution is 5.81. The second-order valence-electron chi connectivity index (χ2n) is 3.21. The standard InChI is InChI=1S/C11H13N3O/c1-12-14(15)7-5-9-2-3-11-10(8-9)4-6-13-11/h2-8,12-13,15H,1H3/b7-5+. The Bertz CT molecular complexity index is 475. The lowest BCUT2D eigenvalue weighted by Crippen LogP contribution is -2.25. The molecule has 4 nitrogen and oxygen atoms in total. The molecule has 0 spiro atoms. The summed E-state index contributed by atoms with van der Waals surface area (Å²) in [6.45, 7) is 0. The van der Waals surface area contributed by atoms with Crippen LogP contribution >= 0.6 is 0 Å². The van der Waals surface area contributed by atoms with Crippen LogP contribution in [0.5, 0.6) is 0 Å². The molecule has 15 heavy (non-hydrogen) atoms. The number of hydrazine groups is 1. The number of hydrogen-bond donors (Lipinski definition) is 3. The van der Waals surface area contributed by atoms with E-state index in [1.807, 2.05) is 36.5 Å². The quantitative estimate of drug-likeness (QED) is 0.668. The minimum atomic E-state index is 0.904. The first kappa shape index (κ1) is 9.76. The van der Waals surface area contributed by atoms with Gasteiger partial charge in [-0.15, -0.1) is 0 Å². The average molecular weight is 203 g/mol. The summed E-state index contributed by atoms with van der Waals surface area (Å²) in [5.41, 5.74) is 4.71. The Labute approximate surface area is 87.8 Å². The maximum atomic E-state index is 9.12. The van der Waals surface area contributed by atoms with Crippen LogP contribution in [0, 0.1) is 0 Å². The van der Waals surface area contributed by atoms with Crippen LogP contribution in [0.15, 0.2) is 36.7 Å². The van der Waals surface area contributed by atoms with E-state index in [0.717, 1.165) is 21.6 Å². The van der Waals surface area contributed by atoms with Gasteiger partial charge in [-0.3, -0.25) is 5.21 Å². The van der Waals surface area contributed by atoms with E-state index in [-0.39, 0.29) is 0 Å². The van der Waals surface area contributed by atoms with Crippen molar-refractivity contribution < 1.29 is 5.21 Å².